The van der Waals surface area contributed by atoms with Gasteiger partial charge < -0.3 is 14.4 Å². The highest BCUT2D eigenvalue weighted by Crippen LogP contribution is 2.17. The van der Waals surface area contributed by atoms with Crippen LogP contribution in [0.5, 0.6) is 0 Å². The summed E-state index contributed by atoms with van der Waals surface area (Å²) in [6.07, 6.45) is 2.94. The second kappa shape index (κ2) is 6.13. The van der Waals surface area contributed by atoms with Crippen LogP contribution in [0.25, 0.3) is 5.65 Å². The number of likely N-dealkylation sites (N-methyl/N-ethyl adjacent to an activating group) is 1. The Balaban J connectivity index is 1.77. The second-order valence-electron chi connectivity index (χ2n) is 5.95. The highest BCUT2D eigenvalue weighted by molar-refractivity contribution is 5.42. The molecule has 0 amide bonds. The summed E-state index contributed by atoms with van der Waals surface area (Å²) in [6, 6.07) is 6.58. The van der Waals surface area contributed by atoms with Gasteiger partial charge in [-0.2, -0.15) is 0 Å². The van der Waals surface area contributed by atoms with Gasteiger partial charge >= 0.3 is 0 Å². The van der Waals surface area contributed by atoms with E-state index in [9.17, 15) is 5.11 Å². The third kappa shape index (κ3) is 2.95. The van der Waals surface area contributed by atoms with Crippen molar-refractivity contribution < 1.29 is 5.11 Å². The molecule has 1 aliphatic heterocycles. The minimum absolute atomic E-state index is 0.261. The summed E-state index contributed by atoms with van der Waals surface area (Å²) in [4.78, 5) is 9.47. The maximum Gasteiger partial charge on any atom is 0.137 e. The van der Waals surface area contributed by atoms with Crippen molar-refractivity contribution in [2.75, 3.05) is 33.3 Å². The van der Waals surface area contributed by atoms with Gasteiger partial charge in [0.2, 0.25) is 0 Å². The maximum absolute atomic E-state index is 9.21. The summed E-state index contributed by atoms with van der Waals surface area (Å²) in [5.74, 6) is 0. The Morgan fingerprint density at radius 2 is 2.19 bits per heavy atom. The molecule has 114 valence electrons. The molecule has 3 rings (SSSR count). The first kappa shape index (κ1) is 14.5. The molecule has 0 bridgehead atoms. The Hall–Kier alpha value is -1.43. The summed E-state index contributed by atoms with van der Waals surface area (Å²) < 4.78 is 2.19. The fraction of sp³-hybridized carbons (Fsp3) is 0.562. The second-order valence-corrected chi connectivity index (χ2v) is 5.95. The predicted octanol–water partition coefficient (Wildman–Crippen LogP) is 1.14. The lowest BCUT2D eigenvalue weighted by Crippen LogP contribution is -2.51. The van der Waals surface area contributed by atoms with Crippen molar-refractivity contribution in [3.8, 4) is 0 Å². The zero-order chi connectivity index (χ0) is 14.8. The third-order valence-corrected chi connectivity index (χ3v) is 4.53. The molecule has 0 radical (unpaired) electrons. The summed E-state index contributed by atoms with van der Waals surface area (Å²) >= 11 is 0. The van der Waals surface area contributed by atoms with E-state index < -0.39 is 0 Å². The summed E-state index contributed by atoms with van der Waals surface area (Å²) in [5, 5.41) is 9.21. The summed E-state index contributed by atoms with van der Waals surface area (Å²) in [5.41, 5.74) is 3.41. The standard InChI is InChI=1S/C16H24N4O/c1-13-15(20-7-4-3-5-16(20)17-13)12-19-9-8-18(2)14(11-19)6-10-21/h3-5,7,14,21H,6,8-12H2,1-2H3/t14-/m0/s1. The topological polar surface area (TPSA) is 44.0 Å². The third-order valence-electron chi connectivity index (χ3n) is 4.53. The van der Waals surface area contributed by atoms with Crippen LogP contribution in [0.15, 0.2) is 24.4 Å². The molecule has 2 aromatic heterocycles. The Labute approximate surface area is 125 Å². The number of hydrogen-bond donors (Lipinski definition) is 1. The van der Waals surface area contributed by atoms with Crippen molar-refractivity contribution in [3.05, 3.63) is 35.8 Å². The van der Waals surface area contributed by atoms with Crippen LogP contribution in [-0.4, -0.2) is 63.6 Å². The van der Waals surface area contributed by atoms with Gasteiger partial charge in [0.15, 0.2) is 0 Å². The Morgan fingerprint density at radius 1 is 1.33 bits per heavy atom. The largest absolute Gasteiger partial charge is 0.396 e. The van der Waals surface area contributed by atoms with Crippen LogP contribution in [0.2, 0.25) is 0 Å². The van der Waals surface area contributed by atoms with Crippen LogP contribution in [0, 0.1) is 6.92 Å². The first-order valence-corrected chi connectivity index (χ1v) is 7.65. The van der Waals surface area contributed by atoms with E-state index in [1.165, 1.54) is 5.69 Å². The van der Waals surface area contributed by atoms with Gasteiger partial charge in [-0.25, -0.2) is 4.98 Å². The van der Waals surface area contributed by atoms with Gasteiger partial charge in [-0.05, 0) is 32.5 Å². The maximum atomic E-state index is 9.21. The lowest BCUT2D eigenvalue weighted by molar-refractivity contribution is 0.0733. The van der Waals surface area contributed by atoms with E-state index in [0.29, 0.717) is 6.04 Å². The van der Waals surface area contributed by atoms with E-state index in [0.717, 1.165) is 43.9 Å². The highest BCUT2D eigenvalue weighted by atomic mass is 16.3. The monoisotopic (exact) mass is 288 g/mol. The first-order chi connectivity index (χ1) is 10.2. The van der Waals surface area contributed by atoms with Gasteiger partial charge in [0.05, 0.1) is 11.4 Å². The predicted molar refractivity (Wildman–Crippen MR) is 83.3 cm³/mol. The Kier molecular flexibility index (Phi) is 4.24. The molecule has 2 aromatic rings. The van der Waals surface area contributed by atoms with Crippen LogP contribution in [0.1, 0.15) is 17.8 Å². The number of fused-ring (bicyclic) bond motifs is 1. The van der Waals surface area contributed by atoms with Crippen molar-refractivity contribution in [2.24, 2.45) is 0 Å². The number of aliphatic hydroxyl groups excluding tert-OH is 1. The number of hydrogen-bond acceptors (Lipinski definition) is 4. The van der Waals surface area contributed by atoms with E-state index in [1.807, 2.05) is 6.07 Å². The molecule has 0 spiro atoms. The molecule has 3 heterocycles. The molecule has 1 aliphatic rings. The van der Waals surface area contributed by atoms with Gasteiger partial charge in [-0.15, -0.1) is 0 Å². The molecule has 0 unspecified atom stereocenters. The molecule has 1 atom stereocenters. The number of pyridine rings is 1. The highest BCUT2D eigenvalue weighted by Gasteiger charge is 2.24. The first-order valence-electron chi connectivity index (χ1n) is 7.65. The minimum Gasteiger partial charge on any atom is -0.396 e. The zero-order valence-electron chi connectivity index (χ0n) is 12.9. The number of aryl methyl sites for hydroxylation is 1. The average molecular weight is 288 g/mol. The lowest BCUT2D eigenvalue weighted by atomic mass is 10.1. The molecule has 1 saturated heterocycles. The zero-order valence-corrected chi connectivity index (χ0v) is 12.9. The molecule has 5 nitrogen and oxygen atoms in total. The minimum atomic E-state index is 0.261. The number of rotatable bonds is 4. The molecule has 0 saturated carbocycles. The van der Waals surface area contributed by atoms with Crippen LogP contribution in [-0.2, 0) is 6.54 Å². The summed E-state index contributed by atoms with van der Waals surface area (Å²) in [7, 11) is 2.15. The van der Waals surface area contributed by atoms with Crippen molar-refractivity contribution >= 4 is 5.65 Å². The molecule has 1 N–H and O–H groups in total. The molecule has 0 aliphatic carbocycles. The number of aliphatic hydroxyl groups is 1. The fourth-order valence-corrected chi connectivity index (χ4v) is 3.18. The van der Waals surface area contributed by atoms with Crippen LogP contribution in [0.4, 0.5) is 0 Å². The Bertz CT molecular complexity index is 609. The normalized spacial score (nSPS) is 21.2. The van der Waals surface area contributed by atoms with Gasteiger partial charge in [0.25, 0.3) is 0 Å². The van der Waals surface area contributed by atoms with Gasteiger partial charge in [0, 0.05) is 45.0 Å². The number of piperazine rings is 1. The number of aromatic nitrogens is 2. The molecular formula is C16H24N4O. The van der Waals surface area contributed by atoms with Gasteiger partial charge in [-0.3, -0.25) is 4.90 Å². The molecule has 0 aromatic carbocycles. The number of nitrogens with zero attached hydrogens (tertiary/aromatic N) is 4. The Morgan fingerprint density at radius 3 is 3.00 bits per heavy atom. The van der Waals surface area contributed by atoms with Gasteiger partial charge in [0.1, 0.15) is 5.65 Å². The molecule has 5 heteroatoms. The van der Waals surface area contributed by atoms with Crippen LogP contribution >= 0.6 is 0 Å². The quantitative estimate of drug-likeness (QED) is 0.916. The molecule has 1 fully saturated rings. The SMILES string of the molecule is Cc1nc2ccccn2c1CN1CCN(C)[C@@H](CCO)C1. The fourth-order valence-electron chi connectivity index (χ4n) is 3.18. The van der Waals surface area contributed by atoms with E-state index in [1.54, 1.807) is 0 Å². The van der Waals surface area contributed by atoms with E-state index >= 15 is 0 Å². The van der Waals surface area contributed by atoms with Crippen molar-refractivity contribution in [1.29, 1.82) is 0 Å². The molecular weight excluding hydrogens is 264 g/mol. The van der Waals surface area contributed by atoms with Crippen molar-refractivity contribution in [3.63, 3.8) is 0 Å². The van der Waals surface area contributed by atoms with E-state index in [4.69, 9.17) is 0 Å². The smallest absolute Gasteiger partial charge is 0.137 e. The van der Waals surface area contributed by atoms with E-state index in [-0.39, 0.29) is 6.61 Å². The van der Waals surface area contributed by atoms with Crippen LogP contribution < -0.4 is 0 Å². The summed E-state index contributed by atoms with van der Waals surface area (Å²) in [6.45, 7) is 6.41. The van der Waals surface area contributed by atoms with Crippen molar-refractivity contribution in [2.45, 2.75) is 25.9 Å². The van der Waals surface area contributed by atoms with Crippen molar-refractivity contribution in [1.82, 2.24) is 19.2 Å². The van der Waals surface area contributed by atoms with Crippen LogP contribution in [0.3, 0.4) is 0 Å². The lowest BCUT2D eigenvalue weighted by Gasteiger charge is -2.39. The molecule has 21 heavy (non-hydrogen) atoms. The van der Waals surface area contributed by atoms with E-state index in [2.05, 4.69) is 51.5 Å². The average Bonchev–Trinajstić information content (AvgIpc) is 2.79. The van der Waals surface area contributed by atoms with Gasteiger partial charge in [-0.1, -0.05) is 6.07 Å². The number of imidazole rings is 1.